The van der Waals surface area contributed by atoms with Crippen molar-refractivity contribution in [3.63, 3.8) is 0 Å². The minimum absolute atomic E-state index is 0.594. The molecule has 2 rings (SSSR count). The van der Waals surface area contributed by atoms with Gasteiger partial charge in [0.15, 0.2) is 0 Å². The van der Waals surface area contributed by atoms with Gasteiger partial charge in [-0.05, 0) is 49.4 Å². The Balaban J connectivity index is 2.49. The van der Waals surface area contributed by atoms with Gasteiger partial charge in [-0.3, -0.25) is 4.68 Å². The molecular formula is C16H22N2O. The second-order valence-electron chi connectivity index (χ2n) is 5.25. The Morgan fingerprint density at radius 2 is 1.74 bits per heavy atom. The van der Waals surface area contributed by atoms with Crippen molar-refractivity contribution in [1.82, 2.24) is 9.78 Å². The number of benzene rings is 1. The van der Waals surface area contributed by atoms with Crippen molar-refractivity contribution in [2.24, 2.45) is 7.05 Å². The lowest BCUT2D eigenvalue weighted by Crippen LogP contribution is -2.05. The number of aliphatic hydroxyl groups excluding tert-OH is 1. The molecule has 1 N–H and O–H groups in total. The lowest BCUT2D eigenvalue weighted by Gasteiger charge is -2.16. The molecule has 0 fully saturated rings. The fourth-order valence-corrected chi connectivity index (χ4v) is 2.50. The van der Waals surface area contributed by atoms with E-state index in [1.165, 1.54) is 11.1 Å². The van der Waals surface area contributed by atoms with Crippen LogP contribution in [-0.2, 0) is 13.5 Å². The second kappa shape index (κ2) is 5.17. The molecule has 1 aromatic heterocycles. The summed E-state index contributed by atoms with van der Waals surface area (Å²) >= 11 is 0. The van der Waals surface area contributed by atoms with Crippen LogP contribution in [0.15, 0.2) is 18.3 Å². The van der Waals surface area contributed by atoms with Gasteiger partial charge in [-0.25, -0.2) is 0 Å². The van der Waals surface area contributed by atoms with Gasteiger partial charge in [-0.2, -0.15) is 5.10 Å². The van der Waals surface area contributed by atoms with E-state index in [2.05, 4.69) is 38.0 Å². The van der Waals surface area contributed by atoms with Gasteiger partial charge in [0, 0.05) is 18.8 Å². The summed E-state index contributed by atoms with van der Waals surface area (Å²) in [5.74, 6) is 0. The molecule has 3 nitrogen and oxygen atoms in total. The normalized spacial score (nSPS) is 12.7. The van der Waals surface area contributed by atoms with Crippen molar-refractivity contribution in [2.75, 3.05) is 0 Å². The summed E-state index contributed by atoms with van der Waals surface area (Å²) < 4.78 is 1.77. The molecule has 0 amide bonds. The largest absolute Gasteiger partial charge is 0.384 e. The average molecular weight is 258 g/mol. The van der Waals surface area contributed by atoms with E-state index in [0.29, 0.717) is 0 Å². The predicted octanol–water partition coefficient (Wildman–Crippen LogP) is 2.99. The fraction of sp³-hybridized carbons (Fsp3) is 0.438. The van der Waals surface area contributed by atoms with Crippen LogP contribution >= 0.6 is 0 Å². The molecule has 0 radical (unpaired) electrons. The van der Waals surface area contributed by atoms with Gasteiger partial charge < -0.3 is 5.11 Å². The van der Waals surface area contributed by atoms with Crippen LogP contribution < -0.4 is 0 Å². The summed E-state index contributed by atoms with van der Waals surface area (Å²) in [6.45, 7) is 8.29. The highest BCUT2D eigenvalue weighted by atomic mass is 16.3. The number of hydrogen-bond donors (Lipinski definition) is 1. The highest BCUT2D eigenvalue weighted by molar-refractivity contribution is 5.41. The quantitative estimate of drug-likeness (QED) is 0.919. The van der Waals surface area contributed by atoms with Gasteiger partial charge in [0.25, 0.3) is 0 Å². The van der Waals surface area contributed by atoms with Crippen molar-refractivity contribution < 1.29 is 5.11 Å². The van der Waals surface area contributed by atoms with E-state index in [9.17, 15) is 5.11 Å². The number of rotatable bonds is 3. The zero-order valence-electron chi connectivity index (χ0n) is 12.4. The first-order valence-corrected chi connectivity index (χ1v) is 6.72. The molecule has 0 aliphatic heterocycles. The maximum atomic E-state index is 10.7. The summed E-state index contributed by atoms with van der Waals surface area (Å²) in [6.07, 6.45) is 2.15. The smallest absolute Gasteiger partial charge is 0.108 e. The van der Waals surface area contributed by atoms with Gasteiger partial charge in [0.2, 0.25) is 0 Å². The van der Waals surface area contributed by atoms with Crippen molar-refractivity contribution in [3.8, 4) is 0 Å². The van der Waals surface area contributed by atoms with E-state index in [-0.39, 0.29) is 0 Å². The standard InChI is InChI=1S/C16H22N2O/c1-6-15-14(9-18(5)17-15)16(19)13-8-11(3)10(2)7-12(13)4/h7-9,16,19H,6H2,1-5H3. The molecule has 1 atom stereocenters. The zero-order chi connectivity index (χ0) is 14.2. The summed E-state index contributed by atoms with van der Waals surface area (Å²) in [7, 11) is 1.89. The molecule has 0 spiro atoms. The first kappa shape index (κ1) is 13.8. The molecule has 1 aromatic carbocycles. The van der Waals surface area contributed by atoms with Crippen LogP contribution in [0.3, 0.4) is 0 Å². The highest BCUT2D eigenvalue weighted by Crippen LogP contribution is 2.29. The summed E-state index contributed by atoms with van der Waals surface area (Å²) in [4.78, 5) is 0. The third-order valence-electron chi connectivity index (χ3n) is 3.74. The van der Waals surface area contributed by atoms with Crippen LogP contribution in [-0.4, -0.2) is 14.9 Å². The topological polar surface area (TPSA) is 38.0 Å². The number of nitrogens with zero attached hydrogens (tertiary/aromatic N) is 2. The Bertz CT molecular complexity index is 599. The first-order valence-electron chi connectivity index (χ1n) is 6.72. The summed E-state index contributed by atoms with van der Waals surface area (Å²) in [5, 5.41) is 15.1. The third-order valence-corrected chi connectivity index (χ3v) is 3.74. The minimum Gasteiger partial charge on any atom is -0.384 e. The van der Waals surface area contributed by atoms with E-state index in [4.69, 9.17) is 0 Å². The average Bonchev–Trinajstić information content (AvgIpc) is 2.74. The van der Waals surface area contributed by atoms with Crippen molar-refractivity contribution in [1.29, 1.82) is 0 Å². The molecule has 1 heterocycles. The lowest BCUT2D eigenvalue weighted by molar-refractivity contribution is 0.218. The molecule has 0 saturated heterocycles. The van der Waals surface area contributed by atoms with Crippen LogP contribution in [0.1, 0.15) is 46.5 Å². The monoisotopic (exact) mass is 258 g/mol. The van der Waals surface area contributed by atoms with Crippen LogP contribution in [0.25, 0.3) is 0 Å². The Hall–Kier alpha value is -1.61. The Kier molecular flexibility index (Phi) is 3.76. The van der Waals surface area contributed by atoms with E-state index in [0.717, 1.165) is 28.8 Å². The molecule has 19 heavy (non-hydrogen) atoms. The van der Waals surface area contributed by atoms with Gasteiger partial charge in [-0.1, -0.05) is 19.1 Å². The van der Waals surface area contributed by atoms with E-state index >= 15 is 0 Å². The Morgan fingerprint density at radius 1 is 1.11 bits per heavy atom. The molecule has 3 heteroatoms. The highest BCUT2D eigenvalue weighted by Gasteiger charge is 2.19. The summed E-state index contributed by atoms with van der Waals surface area (Å²) in [5.41, 5.74) is 6.45. The molecule has 1 unspecified atom stereocenters. The van der Waals surface area contributed by atoms with Crippen LogP contribution in [0.2, 0.25) is 0 Å². The lowest BCUT2D eigenvalue weighted by atomic mass is 9.93. The van der Waals surface area contributed by atoms with E-state index in [1.54, 1.807) is 4.68 Å². The molecule has 0 saturated carbocycles. The first-order chi connectivity index (χ1) is 8.93. The van der Waals surface area contributed by atoms with Crippen molar-refractivity contribution in [3.05, 3.63) is 51.8 Å². The predicted molar refractivity (Wildman–Crippen MR) is 77.3 cm³/mol. The number of aryl methyl sites for hydroxylation is 5. The van der Waals surface area contributed by atoms with Crippen molar-refractivity contribution >= 4 is 0 Å². The molecule has 0 bridgehead atoms. The van der Waals surface area contributed by atoms with Crippen LogP contribution in [0.4, 0.5) is 0 Å². The van der Waals surface area contributed by atoms with Gasteiger partial charge in [0.1, 0.15) is 6.10 Å². The molecule has 0 aliphatic rings. The number of hydrogen-bond acceptors (Lipinski definition) is 2. The zero-order valence-corrected chi connectivity index (χ0v) is 12.4. The van der Waals surface area contributed by atoms with Gasteiger partial charge in [-0.15, -0.1) is 0 Å². The number of aliphatic hydroxyl groups is 1. The van der Waals surface area contributed by atoms with Gasteiger partial charge >= 0.3 is 0 Å². The van der Waals surface area contributed by atoms with Crippen LogP contribution in [0, 0.1) is 20.8 Å². The molecular weight excluding hydrogens is 236 g/mol. The third kappa shape index (κ3) is 2.56. The fourth-order valence-electron chi connectivity index (χ4n) is 2.50. The van der Waals surface area contributed by atoms with Gasteiger partial charge in [0.05, 0.1) is 5.69 Å². The molecule has 2 aromatic rings. The maximum Gasteiger partial charge on any atom is 0.108 e. The second-order valence-corrected chi connectivity index (χ2v) is 5.25. The Morgan fingerprint density at radius 3 is 2.37 bits per heavy atom. The molecule has 102 valence electrons. The SMILES string of the molecule is CCc1nn(C)cc1C(O)c1cc(C)c(C)cc1C. The van der Waals surface area contributed by atoms with E-state index in [1.807, 2.05) is 20.2 Å². The van der Waals surface area contributed by atoms with Crippen molar-refractivity contribution in [2.45, 2.75) is 40.2 Å². The maximum absolute atomic E-state index is 10.7. The minimum atomic E-state index is -0.594. The Labute approximate surface area is 114 Å². The van der Waals surface area contributed by atoms with Crippen LogP contribution in [0.5, 0.6) is 0 Å². The molecule has 0 aliphatic carbocycles. The summed E-state index contributed by atoms with van der Waals surface area (Å²) in [6, 6.07) is 4.22. The number of aromatic nitrogens is 2. The van der Waals surface area contributed by atoms with E-state index < -0.39 is 6.10 Å².